The Balaban J connectivity index is 2.54. The molecule has 1 atom stereocenters. The Morgan fingerprint density at radius 2 is 2.12 bits per heavy atom. The molecule has 3 amide bonds. The van der Waals surface area contributed by atoms with Crippen LogP contribution >= 0.6 is 0 Å². The lowest BCUT2D eigenvalue weighted by molar-refractivity contribution is -0.127. The van der Waals surface area contributed by atoms with Crippen LogP contribution in [0.15, 0.2) is 24.4 Å². The molecule has 17 heavy (non-hydrogen) atoms. The largest absolute Gasteiger partial charge is 0.367 e. The second-order valence-corrected chi connectivity index (χ2v) is 4.03. The number of primary amides is 2. The fraction of sp³-hybridized carbons (Fsp3) is 0.364. The number of nitrogens with two attached hydrogens (primary N) is 2. The number of hydrogen-bond donors (Lipinski definition) is 2. The first-order valence-corrected chi connectivity index (χ1v) is 5.37. The van der Waals surface area contributed by atoms with E-state index in [2.05, 4.69) is 4.98 Å². The molecule has 1 aromatic heterocycles. The van der Waals surface area contributed by atoms with E-state index in [1.165, 1.54) is 4.90 Å². The maximum absolute atomic E-state index is 11.8. The summed E-state index contributed by atoms with van der Waals surface area (Å²) < 4.78 is 0. The maximum Gasteiger partial charge on any atom is 0.316 e. The summed E-state index contributed by atoms with van der Waals surface area (Å²) in [4.78, 5) is 28.6. The van der Waals surface area contributed by atoms with Gasteiger partial charge >= 0.3 is 6.03 Å². The Hall–Kier alpha value is -2.11. The van der Waals surface area contributed by atoms with Crippen molar-refractivity contribution >= 4 is 11.9 Å². The van der Waals surface area contributed by atoms with Crippen molar-refractivity contribution < 1.29 is 9.59 Å². The van der Waals surface area contributed by atoms with E-state index in [0.29, 0.717) is 25.1 Å². The number of carbonyl (C=O) groups excluding carboxylic acids is 2. The fourth-order valence-electron chi connectivity index (χ4n) is 2.37. The van der Waals surface area contributed by atoms with Crippen LogP contribution in [0.2, 0.25) is 0 Å². The van der Waals surface area contributed by atoms with Gasteiger partial charge < -0.3 is 16.4 Å². The average Bonchev–Trinajstić information content (AvgIpc) is 2.75. The molecule has 1 aliphatic heterocycles. The monoisotopic (exact) mass is 234 g/mol. The van der Waals surface area contributed by atoms with E-state index in [9.17, 15) is 9.59 Å². The summed E-state index contributed by atoms with van der Waals surface area (Å²) in [6, 6.07) is 4.53. The van der Waals surface area contributed by atoms with Crippen LogP contribution in [0.5, 0.6) is 0 Å². The quantitative estimate of drug-likeness (QED) is 0.749. The van der Waals surface area contributed by atoms with Crippen molar-refractivity contribution in [1.29, 1.82) is 0 Å². The molecule has 0 radical (unpaired) electrons. The Morgan fingerprint density at radius 3 is 2.65 bits per heavy atom. The van der Waals surface area contributed by atoms with Crippen LogP contribution in [0.1, 0.15) is 18.5 Å². The third kappa shape index (κ3) is 1.61. The third-order valence-corrected chi connectivity index (χ3v) is 3.14. The predicted octanol–water partition coefficient (Wildman–Crippen LogP) is -0.0633. The first kappa shape index (κ1) is 11.4. The summed E-state index contributed by atoms with van der Waals surface area (Å²) in [7, 11) is 0. The minimum atomic E-state index is -1.19. The number of carbonyl (C=O) groups is 2. The van der Waals surface area contributed by atoms with Gasteiger partial charge in [-0.25, -0.2) is 4.79 Å². The highest BCUT2D eigenvalue weighted by Crippen LogP contribution is 2.37. The van der Waals surface area contributed by atoms with Crippen molar-refractivity contribution in [1.82, 2.24) is 9.88 Å². The standard InChI is InChI=1S/C11H14N4O2/c12-9(16)11(8-4-1-2-6-14-8)5-3-7-15(11)10(13)17/h1-2,4,6H,3,5,7H2,(H2,12,16)(H2,13,17). The van der Waals surface area contributed by atoms with Gasteiger partial charge in [-0.1, -0.05) is 6.07 Å². The van der Waals surface area contributed by atoms with Crippen LogP contribution in [0.25, 0.3) is 0 Å². The zero-order valence-electron chi connectivity index (χ0n) is 9.30. The number of rotatable bonds is 2. The van der Waals surface area contributed by atoms with Crippen LogP contribution in [-0.4, -0.2) is 28.4 Å². The highest BCUT2D eigenvalue weighted by atomic mass is 16.2. The first-order chi connectivity index (χ1) is 8.09. The number of urea groups is 1. The molecule has 0 saturated carbocycles. The lowest BCUT2D eigenvalue weighted by Gasteiger charge is -2.33. The van der Waals surface area contributed by atoms with Gasteiger partial charge in [-0.2, -0.15) is 0 Å². The molecule has 0 spiro atoms. The highest BCUT2D eigenvalue weighted by Gasteiger charge is 2.50. The van der Waals surface area contributed by atoms with Gasteiger partial charge in [0, 0.05) is 12.7 Å². The minimum Gasteiger partial charge on any atom is -0.367 e. The summed E-state index contributed by atoms with van der Waals surface area (Å²) in [5.41, 5.74) is 10.1. The third-order valence-electron chi connectivity index (χ3n) is 3.14. The van der Waals surface area contributed by atoms with Gasteiger partial charge in [0.2, 0.25) is 5.91 Å². The lowest BCUT2D eigenvalue weighted by Crippen LogP contribution is -2.55. The van der Waals surface area contributed by atoms with Crippen LogP contribution in [0.3, 0.4) is 0 Å². The van der Waals surface area contributed by atoms with Crippen LogP contribution in [-0.2, 0) is 10.3 Å². The lowest BCUT2D eigenvalue weighted by atomic mass is 9.90. The van der Waals surface area contributed by atoms with Crippen LogP contribution in [0, 0.1) is 0 Å². The molecule has 2 rings (SSSR count). The first-order valence-electron chi connectivity index (χ1n) is 5.37. The summed E-state index contributed by atoms with van der Waals surface area (Å²) in [6.45, 7) is 0.425. The summed E-state index contributed by atoms with van der Waals surface area (Å²) in [5.74, 6) is -0.590. The van der Waals surface area contributed by atoms with E-state index in [4.69, 9.17) is 11.5 Å². The van der Waals surface area contributed by atoms with Gasteiger partial charge in [0.05, 0.1) is 5.69 Å². The Bertz CT molecular complexity index is 448. The van der Waals surface area contributed by atoms with Crippen LogP contribution < -0.4 is 11.5 Å². The molecule has 6 nitrogen and oxygen atoms in total. The van der Waals surface area contributed by atoms with Gasteiger partial charge in [0.15, 0.2) is 5.54 Å². The minimum absolute atomic E-state index is 0.425. The fourth-order valence-corrected chi connectivity index (χ4v) is 2.37. The molecule has 1 unspecified atom stereocenters. The van der Waals surface area contributed by atoms with Gasteiger partial charge in [-0.15, -0.1) is 0 Å². The molecule has 2 heterocycles. The van der Waals surface area contributed by atoms with Crippen molar-refractivity contribution in [2.24, 2.45) is 11.5 Å². The van der Waals surface area contributed by atoms with Crippen molar-refractivity contribution in [2.45, 2.75) is 18.4 Å². The average molecular weight is 234 g/mol. The second kappa shape index (κ2) is 4.04. The van der Waals surface area contributed by atoms with Crippen LogP contribution in [0.4, 0.5) is 4.79 Å². The van der Waals surface area contributed by atoms with E-state index >= 15 is 0 Å². The molecule has 1 aromatic rings. The number of aromatic nitrogens is 1. The number of likely N-dealkylation sites (tertiary alicyclic amines) is 1. The van der Waals surface area contributed by atoms with E-state index in [1.807, 2.05) is 0 Å². The second-order valence-electron chi connectivity index (χ2n) is 4.03. The summed E-state index contributed by atoms with van der Waals surface area (Å²) >= 11 is 0. The Labute approximate surface area is 98.6 Å². The zero-order valence-corrected chi connectivity index (χ0v) is 9.30. The van der Waals surface area contributed by atoms with E-state index in [0.717, 1.165) is 0 Å². The molecule has 0 bridgehead atoms. The smallest absolute Gasteiger partial charge is 0.316 e. The van der Waals surface area contributed by atoms with Gasteiger partial charge in [0.1, 0.15) is 0 Å². The van der Waals surface area contributed by atoms with E-state index in [1.54, 1.807) is 24.4 Å². The number of amides is 3. The predicted molar refractivity (Wildman–Crippen MR) is 60.6 cm³/mol. The topological polar surface area (TPSA) is 102 Å². The van der Waals surface area contributed by atoms with Crippen molar-refractivity contribution in [3.8, 4) is 0 Å². The highest BCUT2D eigenvalue weighted by molar-refractivity contribution is 5.90. The van der Waals surface area contributed by atoms with E-state index < -0.39 is 17.5 Å². The normalized spacial score (nSPS) is 23.6. The SMILES string of the molecule is NC(=O)N1CCCC1(C(N)=O)c1ccccn1. The molecule has 4 N–H and O–H groups in total. The molecular formula is C11H14N4O2. The number of nitrogens with zero attached hydrogens (tertiary/aromatic N) is 2. The van der Waals surface area contributed by atoms with Crippen molar-refractivity contribution in [3.63, 3.8) is 0 Å². The zero-order chi connectivity index (χ0) is 12.5. The molecule has 1 aliphatic rings. The molecule has 90 valence electrons. The molecule has 1 fully saturated rings. The molecule has 0 aliphatic carbocycles. The maximum atomic E-state index is 11.8. The van der Waals surface area contributed by atoms with Crippen molar-refractivity contribution in [2.75, 3.05) is 6.54 Å². The Kier molecular flexibility index (Phi) is 2.71. The number of hydrogen-bond acceptors (Lipinski definition) is 3. The molecular weight excluding hydrogens is 220 g/mol. The van der Waals surface area contributed by atoms with Gasteiger partial charge in [-0.3, -0.25) is 9.78 Å². The summed E-state index contributed by atoms with van der Waals surface area (Å²) in [5, 5.41) is 0. The van der Waals surface area contributed by atoms with E-state index in [-0.39, 0.29) is 0 Å². The van der Waals surface area contributed by atoms with Gasteiger partial charge in [0.25, 0.3) is 0 Å². The summed E-state index contributed by atoms with van der Waals surface area (Å²) in [6.07, 6.45) is 2.71. The van der Waals surface area contributed by atoms with Gasteiger partial charge in [-0.05, 0) is 25.0 Å². The Morgan fingerprint density at radius 1 is 1.35 bits per heavy atom. The molecule has 0 aromatic carbocycles. The molecule has 1 saturated heterocycles. The van der Waals surface area contributed by atoms with Crippen molar-refractivity contribution in [3.05, 3.63) is 30.1 Å². The number of pyridine rings is 1. The molecule has 6 heteroatoms.